The molecule has 0 aliphatic heterocycles. The molecule has 0 bridgehead atoms. The lowest BCUT2D eigenvalue weighted by Crippen LogP contribution is -2.13. The molecule has 0 aromatic heterocycles. The maximum Gasteiger partial charge on any atom is 0.416 e. The number of alkyl halides is 3. The number of nitrogens with one attached hydrogen (secondary N) is 1. The maximum absolute atomic E-state index is 12.9. The van der Waals surface area contributed by atoms with E-state index in [9.17, 15) is 22.4 Å². The molecule has 7 heteroatoms. The summed E-state index contributed by atoms with van der Waals surface area (Å²) in [5.41, 5.74) is -0.442. The highest BCUT2D eigenvalue weighted by molar-refractivity contribution is 9.10. The Kier molecular flexibility index (Phi) is 4.32. The molecule has 2 rings (SSSR count). The molecule has 1 N–H and O–H groups in total. The van der Waals surface area contributed by atoms with E-state index in [-0.39, 0.29) is 5.56 Å². The van der Waals surface area contributed by atoms with E-state index in [4.69, 9.17) is 0 Å². The number of hydrogen-bond acceptors (Lipinski definition) is 1. The number of halogens is 5. The van der Waals surface area contributed by atoms with Crippen molar-refractivity contribution in [3.8, 4) is 0 Å². The van der Waals surface area contributed by atoms with Crippen LogP contribution in [0.3, 0.4) is 0 Å². The second-order valence-electron chi connectivity index (χ2n) is 4.15. The monoisotopic (exact) mass is 361 g/mol. The Bertz CT molecular complexity index is 668. The fourth-order valence-corrected chi connectivity index (χ4v) is 2.05. The van der Waals surface area contributed by atoms with Gasteiger partial charge in [0.05, 0.1) is 11.3 Å². The van der Waals surface area contributed by atoms with Crippen LogP contribution in [0, 0.1) is 5.82 Å². The van der Waals surface area contributed by atoms with Crippen molar-refractivity contribution in [1.29, 1.82) is 0 Å². The summed E-state index contributed by atoms with van der Waals surface area (Å²) in [6, 6.07) is 7.49. The van der Waals surface area contributed by atoms with Gasteiger partial charge in [-0.2, -0.15) is 13.2 Å². The van der Waals surface area contributed by atoms with Crippen LogP contribution in [0.25, 0.3) is 0 Å². The summed E-state index contributed by atoms with van der Waals surface area (Å²) in [6.45, 7) is 0. The van der Waals surface area contributed by atoms with Gasteiger partial charge >= 0.3 is 6.18 Å². The highest BCUT2D eigenvalue weighted by Gasteiger charge is 2.30. The van der Waals surface area contributed by atoms with Gasteiger partial charge in [-0.3, -0.25) is 4.79 Å². The van der Waals surface area contributed by atoms with Crippen LogP contribution in [0.5, 0.6) is 0 Å². The van der Waals surface area contributed by atoms with Gasteiger partial charge in [0.1, 0.15) is 5.82 Å². The third-order valence-corrected chi connectivity index (χ3v) is 3.31. The van der Waals surface area contributed by atoms with E-state index in [1.54, 1.807) is 0 Å². The summed E-state index contributed by atoms with van der Waals surface area (Å²) in [5, 5.41) is 2.48. The van der Waals surface area contributed by atoms with E-state index < -0.39 is 23.5 Å². The van der Waals surface area contributed by atoms with E-state index in [0.717, 1.165) is 30.3 Å². The van der Waals surface area contributed by atoms with Crippen molar-refractivity contribution in [2.75, 3.05) is 5.32 Å². The molecule has 110 valence electrons. The lowest BCUT2D eigenvalue weighted by atomic mass is 10.1. The molecule has 1 amide bonds. The maximum atomic E-state index is 12.9. The minimum atomic E-state index is -4.45. The molecule has 0 aliphatic carbocycles. The topological polar surface area (TPSA) is 29.1 Å². The van der Waals surface area contributed by atoms with Gasteiger partial charge in [-0.25, -0.2) is 4.39 Å². The van der Waals surface area contributed by atoms with Crippen LogP contribution in [-0.2, 0) is 6.18 Å². The summed E-state index contributed by atoms with van der Waals surface area (Å²) in [5.74, 6) is -1.06. The molecule has 0 fully saturated rings. The lowest BCUT2D eigenvalue weighted by Gasteiger charge is -2.09. The number of anilines is 1. The van der Waals surface area contributed by atoms with E-state index in [1.807, 2.05) is 0 Å². The normalized spacial score (nSPS) is 11.3. The summed E-state index contributed by atoms with van der Waals surface area (Å²) < 4.78 is 50.5. The zero-order chi connectivity index (χ0) is 15.6. The largest absolute Gasteiger partial charge is 0.416 e. The van der Waals surface area contributed by atoms with Crippen LogP contribution >= 0.6 is 15.9 Å². The number of amides is 1. The Balaban J connectivity index is 2.17. The third-order valence-electron chi connectivity index (χ3n) is 2.65. The molecular weight excluding hydrogens is 354 g/mol. The number of carbonyl (C=O) groups is 1. The Morgan fingerprint density at radius 1 is 1.05 bits per heavy atom. The molecule has 0 saturated carbocycles. The van der Waals surface area contributed by atoms with E-state index >= 15 is 0 Å². The lowest BCUT2D eigenvalue weighted by molar-refractivity contribution is -0.137. The van der Waals surface area contributed by atoms with Crippen molar-refractivity contribution in [3.05, 3.63) is 63.9 Å². The van der Waals surface area contributed by atoms with Crippen LogP contribution in [0.15, 0.2) is 46.9 Å². The fourth-order valence-electron chi connectivity index (χ4n) is 1.60. The summed E-state index contributed by atoms with van der Waals surface area (Å²) in [7, 11) is 0. The van der Waals surface area contributed by atoms with Gasteiger partial charge in [-0.05, 0) is 58.4 Å². The Morgan fingerprint density at radius 3 is 2.19 bits per heavy atom. The fraction of sp³-hybridized carbons (Fsp3) is 0.0714. The van der Waals surface area contributed by atoms with Gasteiger partial charge in [-0.1, -0.05) is 0 Å². The highest BCUT2D eigenvalue weighted by Crippen LogP contribution is 2.29. The van der Waals surface area contributed by atoms with Crippen molar-refractivity contribution in [2.24, 2.45) is 0 Å². The summed E-state index contributed by atoms with van der Waals surface area (Å²) in [4.78, 5) is 11.9. The zero-order valence-electron chi connectivity index (χ0n) is 10.3. The quantitative estimate of drug-likeness (QED) is 0.760. The molecule has 0 radical (unpaired) electrons. The molecule has 0 heterocycles. The van der Waals surface area contributed by atoms with Crippen LogP contribution < -0.4 is 5.32 Å². The summed E-state index contributed by atoms with van der Waals surface area (Å²) >= 11 is 3.08. The van der Waals surface area contributed by atoms with Crippen molar-refractivity contribution < 1.29 is 22.4 Å². The molecule has 0 aliphatic rings. The van der Waals surface area contributed by atoms with Gasteiger partial charge in [0.2, 0.25) is 0 Å². The Labute approximate surface area is 125 Å². The molecule has 0 saturated heterocycles. The molecule has 2 aromatic rings. The second-order valence-corrected chi connectivity index (χ2v) is 5.01. The first-order valence-electron chi connectivity index (χ1n) is 5.71. The average molecular weight is 362 g/mol. The minimum Gasteiger partial charge on any atom is -0.321 e. The minimum absolute atomic E-state index is 0.0687. The van der Waals surface area contributed by atoms with Gasteiger partial charge in [0.15, 0.2) is 0 Å². The van der Waals surface area contributed by atoms with Crippen LogP contribution in [-0.4, -0.2) is 5.91 Å². The van der Waals surface area contributed by atoms with Crippen molar-refractivity contribution in [1.82, 2.24) is 0 Å². The van der Waals surface area contributed by atoms with Crippen molar-refractivity contribution in [3.63, 3.8) is 0 Å². The Hall–Kier alpha value is -1.89. The van der Waals surface area contributed by atoms with Gasteiger partial charge in [0.25, 0.3) is 5.91 Å². The number of rotatable bonds is 2. The summed E-state index contributed by atoms with van der Waals surface area (Å²) in [6.07, 6.45) is -4.45. The molecule has 0 unspecified atom stereocenters. The number of carbonyl (C=O) groups excluding carboxylic acids is 1. The standard InChI is InChI=1S/C14H8BrF4NO/c15-11-7-10(16)5-6-12(11)20-13(21)8-1-3-9(4-2-8)14(17,18)19/h1-7H,(H,20,21). The van der Waals surface area contributed by atoms with Gasteiger partial charge < -0.3 is 5.32 Å². The van der Waals surface area contributed by atoms with E-state index in [0.29, 0.717) is 10.2 Å². The van der Waals surface area contributed by atoms with Crippen LogP contribution in [0.1, 0.15) is 15.9 Å². The number of hydrogen-bond donors (Lipinski definition) is 1. The second kappa shape index (κ2) is 5.85. The SMILES string of the molecule is O=C(Nc1ccc(F)cc1Br)c1ccc(C(F)(F)F)cc1. The highest BCUT2D eigenvalue weighted by atomic mass is 79.9. The first-order chi connectivity index (χ1) is 9.77. The average Bonchev–Trinajstić information content (AvgIpc) is 2.41. The molecular formula is C14H8BrF4NO. The zero-order valence-corrected chi connectivity index (χ0v) is 11.9. The Morgan fingerprint density at radius 2 is 1.67 bits per heavy atom. The third kappa shape index (κ3) is 3.81. The van der Waals surface area contributed by atoms with E-state index in [2.05, 4.69) is 21.2 Å². The first-order valence-corrected chi connectivity index (χ1v) is 6.50. The molecule has 21 heavy (non-hydrogen) atoms. The molecule has 0 spiro atoms. The van der Waals surface area contributed by atoms with Crippen molar-refractivity contribution in [2.45, 2.75) is 6.18 Å². The smallest absolute Gasteiger partial charge is 0.321 e. The van der Waals surface area contributed by atoms with Gasteiger partial charge in [-0.15, -0.1) is 0 Å². The van der Waals surface area contributed by atoms with E-state index in [1.165, 1.54) is 12.1 Å². The molecule has 2 nitrogen and oxygen atoms in total. The predicted molar refractivity (Wildman–Crippen MR) is 73.5 cm³/mol. The van der Waals surface area contributed by atoms with Gasteiger partial charge in [0, 0.05) is 10.0 Å². The molecule has 0 atom stereocenters. The first kappa shape index (κ1) is 15.5. The predicted octanol–water partition coefficient (Wildman–Crippen LogP) is 4.86. The van der Waals surface area contributed by atoms with Crippen molar-refractivity contribution >= 4 is 27.5 Å². The molecule has 2 aromatic carbocycles. The van der Waals surface area contributed by atoms with Crippen LogP contribution in [0.4, 0.5) is 23.2 Å². The number of benzene rings is 2. The van der Waals surface area contributed by atoms with Crippen LogP contribution in [0.2, 0.25) is 0 Å².